The third-order valence-electron chi connectivity index (χ3n) is 5.29. The fraction of sp³-hybridized carbons (Fsp3) is 0.125. The average molecular weight is 449 g/mol. The van der Waals surface area contributed by atoms with Gasteiger partial charge in [0, 0.05) is 16.9 Å². The molecule has 0 saturated heterocycles. The van der Waals surface area contributed by atoms with Gasteiger partial charge in [-0.2, -0.15) is 15.5 Å². The van der Waals surface area contributed by atoms with E-state index < -0.39 is 0 Å². The van der Waals surface area contributed by atoms with Crippen LogP contribution in [0.2, 0.25) is 0 Å². The van der Waals surface area contributed by atoms with Crippen molar-refractivity contribution in [1.82, 2.24) is 34.5 Å². The fourth-order valence-electron chi connectivity index (χ4n) is 3.58. The predicted octanol–water partition coefficient (Wildman–Crippen LogP) is 3.83. The van der Waals surface area contributed by atoms with Crippen LogP contribution in [0.1, 0.15) is 34.4 Å². The Morgan fingerprint density at radius 1 is 1.03 bits per heavy atom. The highest BCUT2D eigenvalue weighted by Gasteiger charge is 2.15. The number of imidazole rings is 1. The number of hydrogen-bond donors (Lipinski definition) is 1. The van der Waals surface area contributed by atoms with Crippen LogP contribution in [0.5, 0.6) is 0 Å². The third-order valence-corrected chi connectivity index (χ3v) is 5.29. The van der Waals surface area contributed by atoms with Crippen LogP contribution in [-0.2, 0) is 0 Å². The molecular weight excluding hydrogens is 430 g/mol. The molecule has 0 radical (unpaired) electrons. The molecule has 5 aromatic rings. The number of pyridine rings is 1. The first-order chi connectivity index (χ1) is 16.4. The number of nitrogens with one attached hydrogen (secondary N) is 1. The molecule has 0 aliphatic rings. The fourth-order valence-corrected chi connectivity index (χ4v) is 3.58. The van der Waals surface area contributed by atoms with Crippen LogP contribution in [0.3, 0.4) is 0 Å². The summed E-state index contributed by atoms with van der Waals surface area (Å²) in [4.78, 5) is 21.5. The van der Waals surface area contributed by atoms with E-state index in [0.29, 0.717) is 23.0 Å². The minimum atomic E-state index is -0.106. The number of ketones is 1. The van der Waals surface area contributed by atoms with Gasteiger partial charge < -0.3 is 5.32 Å². The number of rotatable bonds is 5. The highest BCUT2D eigenvalue weighted by Crippen LogP contribution is 2.24. The zero-order chi connectivity index (χ0) is 23.8. The molecule has 10 nitrogen and oxygen atoms in total. The van der Waals surface area contributed by atoms with E-state index in [-0.39, 0.29) is 11.5 Å². The van der Waals surface area contributed by atoms with Crippen LogP contribution in [0.25, 0.3) is 22.7 Å². The van der Waals surface area contributed by atoms with Gasteiger partial charge >= 0.3 is 0 Å². The molecule has 0 spiro atoms. The lowest BCUT2D eigenvalue weighted by Crippen LogP contribution is -2.08. The molecule has 0 aliphatic heterocycles. The van der Waals surface area contributed by atoms with Crippen molar-refractivity contribution in [2.45, 2.75) is 20.8 Å². The second-order valence-electron chi connectivity index (χ2n) is 7.83. The van der Waals surface area contributed by atoms with Gasteiger partial charge in [0.05, 0.1) is 16.7 Å². The molecule has 0 saturated carbocycles. The largest absolute Gasteiger partial charge is 0.339 e. The van der Waals surface area contributed by atoms with Crippen molar-refractivity contribution in [2.75, 3.05) is 5.32 Å². The summed E-state index contributed by atoms with van der Waals surface area (Å²) in [7, 11) is 0. The molecule has 0 fully saturated rings. The Kier molecular flexibility index (Phi) is 5.07. The highest BCUT2D eigenvalue weighted by molar-refractivity contribution is 5.95. The Morgan fingerprint density at radius 2 is 1.85 bits per heavy atom. The molecule has 0 bridgehead atoms. The summed E-state index contributed by atoms with van der Waals surface area (Å²) in [6.45, 7) is 5.21. The van der Waals surface area contributed by atoms with E-state index in [9.17, 15) is 10.1 Å². The van der Waals surface area contributed by atoms with Gasteiger partial charge in [0.25, 0.3) is 0 Å². The van der Waals surface area contributed by atoms with E-state index >= 15 is 0 Å². The van der Waals surface area contributed by atoms with E-state index in [4.69, 9.17) is 4.98 Å². The lowest BCUT2D eigenvalue weighted by Gasteiger charge is -2.10. The maximum atomic E-state index is 12.2. The Balaban J connectivity index is 1.56. The molecule has 4 aromatic heterocycles. The molecule has 0 amide bonds. The number of benzene rings is 1. The number of anilines is 2. The van der Waals surface area contributed by atoms with Crippen LogP contribution in [0, 0.1) is 25.2 Å². The number of Topliss-reactive ketones (excluding diaryl/α,β-unsaturated/α-hetero) is 1. The zero-order valence-electron chi connectivity index (χ0n) is 18.7. The summed E-state index contributed by atoms with van der Waals surface area (Å²) < 4.78 is 3.36. The number of nitrogens with zero attached hydrogens (tertiary/aromatic N) is 8. The van der Waals surface area contributed by atoms with E-state index in [1.54, 1.807) is 29.2 Å². The van der Waals surface area contributed by atoms with Gasteiger partial charge in [0.15, 0.2) is 23.1 Å². The maximum absolute atomic E-state index is 12.2. The summed E-state index contributed by atoms with van der Waals surface area (Å²) in [5.41, 5.74) is 4.71. The van der Waals surface area contributed by atoms with Crippen molar-refractivity contribution in [2.24, 2.45) is 0 Å². The highest BCUT2D eigenvalue weighted by atomic mass is 16.1. The minimum Gasteiger partial charge on any atom is -0.339 e. The second-order valence-corrected chi connectivity index (χ2v) is 7.83. The standard InChI is InChI=1S/C24H19N9O/c1-14-4-7-22(30-29-14)27-18-5-6-21-20(11-18)26-13-32(21)23-9-17(16(3)34)10-24(28-23)33-15(2)8-19(12-25)31-33/h4-11,13H,1-3H3,(H,27,30). The number of aryl methyl sites for hydroxylation is 2. The summed E-state index contributed by atoms with van der Waals surface area (Å²) in [5.74, 6) is 1.49. The monoisotopic (exact) mass is 449 g/mol. The summed E-state index contributed by atoms with van der Waals surface area (Å²) in [6.07, 6.45) is 1.66. The smallest absolute Gasteiger partial charge is 0.163 e. The number of nitriles is 1. The zero-order valence-corrected chi connectivity index (χ0v) is 18.7. The van der Waals surface area contributed by atoms with Crippen LogP contribution >= 0.6 is 0 Å². The summed E-state index contributed by atoms with van der Waals surface area (Å²) in [5, 5.41) is 24.9. The van der Waals surface area contributed by atoms with Gasteiger partial charge in [-0.15, -0.1) is 5.10 Å². The van der Waals surface area contributed by atoms with Crippen molar-refractivity contribution in [3.05, 3.63) is 77.5 Å². The van der Waals surface area contributed by atoms with Crippen LogP contribution in [0.15, 0.2) is 54.9 Å². The SMILES string of the molecule is CC(=O)c1cc(-n2nc(C#N)cc2C)nc(-n2cnc3cc(Nc4ccc(C)nn4)ccc32)c1. The van der Waals surface area contributed by atoms with Crippen LogP contribution in [-0.4, -0.2) is 40.3 Å². The molecule has 0 atom stereocenters. The van der Waals surface area contributed by atoms with Gasteiger partial charge in [-0.05, 0) is 69.3 Å². The number of fused-ring (bicyclic) bond motifs is 1. The topological polar surface area (TPSA) is 127 Å². The first-order valence-electron chi connectivity index (χ1n) is 10.5. The lowest BCUT2D eigenvalue weighted by atomic mass is 10.2. The molecule has 10 heteroatoms. The molecule has 0 unspecified atom stereocenters. The number of hydrogen-bond acceptors (Lipinski definition) is 8. The van der Waals surface area contributed by atoms with Crippen LogP contribution < -0.4 is 5.32 Å². The molecule has 34 heavy (non-hydrogen) atoms. The molecule has 0 aliphatic carbocycles. The first kappa shape index (κ1) is 21.0. The van der Waals surface area contributed by atoms with Gasteiger partial charge in [-0.25, -0.2) is 14.6 Å². The first-order valence-corrected chi connectivity index (χ1v) is 10.5. The molecule has 1 aromatic carbocycles. The Morgan fingerprint density at radius 3 is 2.56 bits per heavy atom. The van der Waals surface area contributed by atoms with E-state index in [2.05, 4.69) is 25.6 Å². The van der Waals surface area contributed by atoms with Crippen molar-refractivity contribution >= 4 is 28.3 Å². The molecule has 5 rings (SSSR count). The van der Waals surface area contributed by atoms with Crippen molar-refractivity contribution in [3.8, 4) is 17.7 Å². The minimum absolute atomic E-state index is 0.106. The molecule has 4 heterocycles. The number of carbonyl (C=O) groups excluding carboxylic acids is 1. The Labute approximate surface area is 194 Å². The van der Waals surface area contributed by atoms with Crippen LogP contribution in [0.4, 0.5) is 11.5 Å². The summed E-state index contributed by atoms with van der Waals surface area (Å²) >= 11 is 0. The lowest BCUT2D eigenvalue weighted by molar-refractivity contribution is 0.101. The van der Waals surface area contributed by atoms with Gasteiger partial charge in [-0.3, -0.25) is 9.36 Å². The van der Waals surface area contributed by atoms with Crippen molar-refractivity contribution in [1.29, 1.82) is 5.26 Å². The van der Waals surface area contributed by atoms with Crippen molar-refractivity contribution in [3.63, 3.8) is 0 Å². The van der Waals surface area contributed by atoms with Gasteiger partial charge in [0.2, 0.25) is 0 Å². The Hall–Kier alpha value is -4.91. The van der Waals surface area contributed by atoms with E-state index in [0.717, 1.165) is 28.1 Å². The normalized spacial score (nSPS) is 10.9. The Bertz CT molecular complexity index is 1590. The molecule has 166 valence electrons. The molecular formula is C24H19N9O. The predicted molar refractivity (Wildman–Crippen MR) is 125 cm³/mol. The summed E-state index contributed by atoms with van der Waals surface area (Å²) in [6, 6.07) is 16.6. The number of aromatic nitrogens is 7. The second kappa shape index (κ2) is 8.22. The third kappa shape index (κ3) is 3.86. The van der Waals surface area contributed by atoms with Crippen molar-refractivity contribution < 1.29 is 4.79 Å². The number of carbonyl (C=O) groups is 1. The quantitative estimate of drug-likeness (QED) is 0.401. The molecule has 1 N–H and O–H groups in total. The maximum Gasteiger partial charge on any atom is 0.163 e. The average Bonchev–Trinajstić information content (AvgIpc) is 3.43. The van der Waals surface area contributed by atoms with Gasteiger partial charge in [-0.1, -0.05) is 0 Å². The van der Waals surface area contributed by atoms with Gasteiger partial charge in [0.1, 0.15) is 18.2 Å². The van der Waals surface area contributed by atoms with E-state index in [1.165, 1.54) is 6.92 Å². The van der Waals surface area contributed by atoms with E-state index in [1.807, 2.05) is 54.8 Å².